The van der Waals surface area contributed by atoms with Crippen molar-refractivity contribution in [2.45, 2.75) is 49.5 Å². The van der Waals surface area contributed by atoms with Gasteiger partial charge in [0.05, 0.1) is 0 Å². The highest BCUT2D eigenvalue weighted by Crippen LogP contribution is 2.77. The van der Waals surface area contributed by atoms with Crippen LogP contribution in [-0.2, 0) is 4.74 Å². The van der Waals surface area contributed by atoms with Crippen LogP contribution in [0.25, 0.3) is 0 Å². The predicted molar refractivity (Wildman–Crippen MR) is 93.1 cm³/mol. The van der Waals surface area contributed by atoms with Crippen molar-refractivity contribution < 1.29 is 9.53 Å². The summed E-state index contributed by atoms with van der Waals surface area (Å²) >= 11 is 13.3. The standard InChI is InChI=1S/C18H23Cl2NO2/c1-16(2,3)23-15(22)21-11-9-17(10-12-21)14(18(17,19)20)13-7-5-4-6-8-13/h4-8,14H,9-12H2,1-3H3. The summed E-state index contributed by atoms with van der Waals surface area (Å²) in [4.78, 5) is 14.0. The molecule has 1 spiro atoms. The van der Waals surface area contributed by atoms with Gasteiger partial charge in [0.1, 0.15) is 9.93 Å². The lowest BCUT2D eigenvalue weighted by Crippen LogP contribution is -2.43. The molecule has 1 aromatic rings. The van der Waals surface area contributed by atoms with E-state index < -0.39 is 9.93 Å². The van der Waals surface area contributed by atoms with Crippen molar-refractivity contribution in [1.82, 2.24) is 4.90 Å². The number of carbonyl (C=O) groups is 1. The van der Waals surface area contributed by atoms with Gasteiger partial charge in [-0.05, 0) is 39.2 Å². The fourth-order valence-electron chi connectivity index (χ4n) is 3.72. The van der Waals surface area contributed by atoms with E-state index in [9.17, 15) is 4.79 Å². The zero-order chi connectivity index (χ0) is 16.9. The van der Waals surface area contributed by atoms with Gasteiger partial charge in [-0.1, -0.05) is 30.3 Å². The molecule has 1 heterocycles. The molecule has 1 amide bonds. The summed E-state index contributed by atoms with van der Waals surface area (Å²) in [6, 6.07) is 10.2. The molecule has 1 saturated carbocycles. The maximum atomic E-state index is 12.2. The van der Waals surface area contributed by atoms with Crippen LogP contribution >= 0.6 is 23.2 Å². The van der Waals surface area contributed by atoms with Gasteiger partial charge in [0.25, 0.3) is 0 Å². The summed E-state index contributed by atoms with van der Waals surface area (Å²) < 4.78 is 4.71. The molecule has 2 aliphatic rings. The summed E-state index contributed by atoms with van der Waals surface area (Å²) in [6.07, 6.45) is 1.36. The number of benzene rings is 1. The van der Waals surface area contributed by atoms with E-state index in [1.165, 1.54) is 5.56 Å². The smallest absolute Gasteiger partial charge is 0.410 e. The first-order chi connectivity index (χ1) is 10.7. The number of piperidine rings is 1. The number of carbonyl (C=O) groups excluding carboxylic acids is 1. The average Bonchev–Trinajstić information content (AvgIpc) is 2.93. The first kappa shape index (κ1) is 16.9. The van der Waals surface area contributed by atoms with Gasteiger partial charge in [0.15, 0.2) is 0 Å². The molecule has 23 heavy (non-hydrogen) atoms. The third-order valence-electron chi connectivity index (χ3n) is 4.94. The van der Waals surface area contributed by atoms with Crippen molar-refractivity contribution in [3.05, 3.63) is 35.9 Å². The Hall–Kier alpha value is -0.930. The minimum absolute atomic E-state index is 0.129. The molecule has 0 radical (unpaired) electrons. The quantitative estimate of drug-likeness (QED) is 0.665. The molecule has 0 N–H and O–H groups in total. The van der Waals surface area contributed by atoms with Crippen molar-refractivity contribution in [2.75, 3.05) is 13.1 Å². The molecule has 1 aliphatic heterocycles. The molecule has 126 valence electrons. The number of nitrogens with zero attached hydrogens (tertiary/aromatic N) is 1. The second-order valence-electron chi connectivity index (χ2n) is 7.59. The Morgan fingerprint density at radius 3 is 2.26 bits per heavy atom. The SMILES string of the molecule is CC(C)(C)OC(=O)N1CCC2(CC1)C(c1ccccc1)C2(Cl)Cl. The van der Waals surface area contributed by atoms with Crippen LogP contribution in [0.1, 0.15) is 45.1 Å². The normalized spacial score (nSPS) is 25.3. The maximum Gasteiger partial charge on any atom is 0.410 e. The number of halogens is 2. The Morgan fingerprint density at radius 2 is 1.74 bits per heavy atom. The van der Waals surface area contributed by atoms with Gasteiger partial charge in [0.2, 0.25) is 0 Å². The fourth-order valence-corrected chi connectivity index (χ4v) is 4.88. The van der Waals surface area contributed by atoms with E-state index in [1.807, 2.05) is 39.0 Å². The molecule has 1 atom stereocenters. The maximum absolute atomic E-state index is 12.2. The van der Waals surface area contributed by atoms with Crippen LogP contribution in [0.15, 0.2) is 30.3 Å². The molecule has 2 fully saturated rings. The van der Waals surface area contributed by atoms with Crippen LogP contribution in [0.3, 0.4) is 0 Å². The van der Waals surface area contributed by atoms with Gasteiger partial charge in [-0.15, -0.1) is 23.2 Å². The van der Waals surface area contributed by atoms with Crippen LogP contribution < -0.4 is 0 Å². The van der Waals surface area contributed by atoms with Crippen molar-refractivity contribution in [3.8, 4) is 0 Å². The second-order valence-corrected chi connectivity index (χ2v) is 8.98. The molecule has 3 nitrogen and oxygen atoms in total. The highest BCUT2D eigenvalue weighted by molar-refractivity contribution is 6.52. The van der Waals surface area contributed by atoms with E-state index in [-0.39, 0.29) is 17.4 Å². The van der Waals surface area contributed by atoms with E-state index in [4.69, 9.17) is 27.9 Å². The number of ether oxygens (including phenoxy) is 1. The first-order valence-corrected chi connectivity index (χ1v) is 8.84. The highest BCUT2D eigenvalue weighted by Gasteiger charge is 2.75. The molecule has 3 rings (SSSR count). The number of alkyl halides is 2. The molecule has 5 heteroatoms. The number of hydrogen-bond donors (Lipinski definition) is 0. The summed E-state index contributed by atoms with van der Waals surface area (Å²) in [5.41, 5.74) is 0.583. The summed E-state index contributed by atoms with van der Waals surface area (Å²) in [7, 11) is 0. The Kier molecular flexibility index (Phi) is 4.09. The molecule has 1 saturated heterocycles. The Bertz CT molecular complexity index is 587. The van der Waals surface area contributed by atoms with Gasteiger partial charge >= 0.3 is 6.09 Å². The topological polar surface area (TPSA) is 29.5 Å². The van der Waals surface area contributed by atoms with E-state index in [0.29, 0.717) is 13.1 Å². The van der Waals surface area contributed by atoms with Crippen molar-refractivity contribution >= 4 is 29.3 Å². The zero-order valence-electron chi connectivity index (χ0n) is 13.8. The molecular formula is C18H23Cl2NO2. The number of hydrogen-bond acceptors (Lipinski definition) is 2. The van der Waals surface area contributed by atoms with E-state index in [2.05, 4.69) is 12.1 Å². The minimum Gasteiger partial charge on any atom is -0.444 e. The number of likely N-dealkylation sites (tertiary alicyclic amines) is 1. The molecule has 0 bridgehead atoms. The van der Waals surface area contributed by atoms with E-state index in [0.717, 1.165) is 12.8 Å². The van der Waals surface area contributed by atoms with E-state index in [1.54, 1.807) is 4.90 Å². The van der Waals surface area contributed by atoms with Crippen molar-refractivity contribution in [1.29, 1.82) is 0 Å². The third kappa shape index (κ3) is 2.94. The van der Waals surface area contributed by atoms with Gasteiger partial charge in [-0.2, -0.15) is 0 Å². The number of amides is 1. The molecular weight excluding hydrogens is 333 g/mol. The predicted octanol–water partition coefficient (Wildman–Crippen LogP) is 4.98. The lowest BCUT2D eigenvalue weighted by atomic mass is 9.89. The van der Waals surface area contributed by atoms with Crippen LogP contribution in [0.2, 0.25) is 0 Å². The van der Waals surface area contributed by atoms with Gasteiger partial charge in [-0.3, -0.25) is 0 Å². The van der Waals surface area contributed by atoms with Gasteiger partial charge in [-0.25, -0.2) is 4.79 Å². The minimum atomic E-state index is -0.742. The molecule has 1 aliphatic carbocycles. The average molecular weight is 356 g/mol. The lowest BCUT2D eigenvalue weighted by molar-refractivity contribution is 0.0169. The van der Waals surface area contributed by atoms with Crippen LogP contribution in [0, 0.1) is 5.41 Å². The van der Waals surface area contributed by atoms with E-state index >= 15 is 0 Å². The van der Waals surface area contributed by atoms with Crippen LogP contribution in [0.5, 0.6) is 0 Å². The Balaban J connectivity index is 1.68. The highest BCUT2D eigenvalue weighted by atomic mass is 35.5. The van der Waals surface area contributed by atoms with Crippen molar-refractivity contribution in [2.24, 2.45) is 5.41 Å². The summed E-state index contributed by atoms with van der Waals surface area (Å²) in [6.45, 7) is 6.92. The molecule has 0 aromatic heterocycles. The summed E-state index contributed by atoms with van der Waals surface area (Å²) in [5, 5.41) is 0. The number of rotatable bonds is 1. The van der Waals surface area contributed by atoms with Crippen LogP contribution in [-0.4, -0.2) is 34.0 Å². The fraction of sp³-hybridized carbons (Fsp3) is 0.611. The van der Waals surface area contributed by atoms with Crippen LogP contribution in [0.4, 0.5) is 4.79 Å². The van der Waals surface area contributed by atoms with Gasteiger partial charge in [0, 0.05) is 24.4 Å². The Labute approximate surface area is 147 Å². The second kappa shape index (κ2) is 5.56. The van der Waals surface area contributed by atoms with Crippen molar-refractivity contribution in [3.63, 3.8) is 0 Å². The van der Waals surface area contributed by atoms with Gasteiger partial charge < -0.3 is 9.64 Å². The Morgan fingerprint density at radius 1 is 1.17 bits per heavy atom. The third-order valence-corrected chi connectivity index (χ3v) is 6.13. The monoisotopic (exact) mass is 355 g/mol. The zero-order valence-corrected chi connectivity index (χ0v) is 15.3. The lowest BCUT2D eigenvalue weighted by Gasteiger charge is -2.34. The molecule has 1 aromatic carbocycles. The first-order valence-electron chi connectivity index (χ1n) is 8.08. The summed E-state index contributed by atoms with van der Waals surface area (Å²) in [5.74, 6) is 0.139. The largest absolute Gasteiger partial charge is 0.444 e. The molecule has 1 unspecified atom stereocenters.